The van der Waals surface area contributed by atoms with Gasteiger partial charge in [-0.3, -0.25) is 4.90 Å². The van der Waals surface area contributed by atoms with Gasteiger partial charge in [-0.25, -0.2) is 0 Å². The Kier molecular flexibility index (Phi) is 3.65. The fourth-order valence-corrected chi connectivity index (χ4v) is 2.95. The van der Waals surface area contributed by atoms with Gasteiger partial charge in [0.25, 0.3) is 0 Å². The number of aliphatic hydroxyl groups is 1. The first kappa shape index (κ1) is 11.4. The molecule has 2 fully saturated rings. The van der Waals surface area contributed by atoms with Crippen LogP contribution in [0.2, 0.25) is 0 Å². The SMILES string of the molecule is CC1CCN(CC2CC(O)CN2)C(C)C1. The summed E-state index contributed by atoms with van der Waals surface area (Å²) in [5.74, 6) is 0.887. The second-order valence-corrected chi connectivity index (χ2v) is 5.47. The number of nitrogens with one attached hydrogen (secondary N) is 1. The van der Waals surface area contributed by atoms with E-state index in [2.05, 4.69) is 24.1 Å². The van der Waals surface area contributed by atoms with Gasteiger partial charge in [0.15, 0.2) is 0 Å². The highest BCUT2D eigenvalue weighted by Gasteiger charge is 2.28. The second kappa shape index (κ2) is 4.81. The highest BCUT2D eigenvalue weighted by atomic mass is 16.3. The van der Waals surface area contributed by atoms with E-state index in [-0.39, 0.29) is 6.10 Å². The minimum absolute atomic E-state index is 0.117. The van der Waals surface area contributed by atoms with Gasteiger partial charge in [0.05, 0.1) is 6.10 Å². The van der Waals surface area contributed by atoms with E-state index in [1.54, 1.807) is 0 Å². The van der Waals surface area contributed by atoms with Crippen molar-refractivity contribution in [3.63, 3.8) is 0 Å². The van der Waals surface area contributed by atoms with Crippen molar-refractivity contribution in [2.45, 2.75) is 51.3 Å². The average molecular weight is 212 g/mol. The van der Waals surface area contributed by atoms with Crippen molar-refractivity contribution < 1.29 is 5.11 Å². The fraction of sp³-hybridized carbons (Fsp3) is 1.00. The Labute approximate surface area is 92.8 Å². The van der Waals surface area contributed by atoms with Crippen LogP contribution in [0, 0.1) is 5.92 Å². The van der Waals surface area contributed by atoms with Gasteiger partial charge in [-0.1, -0.05) is 6.92 Å². The molecule has 2 aliphatic heterocycles. The molecule has 2 heterocycles. The van der Waals surface area contributed by atoms with E-state index in [4.69, 9.17) is 0 Å². The topological polar surface area (TPSA) is 35.5 Å². The zero-order valence-corrected chi connectivity index (χ0v) is 9.95. The Hall–Kier alpha value is -0.120. The molecule has 0 aromatic rings. The molecule has 0 saturated carbocycles. The van der Waals surface area contributed by atoms with Gasteiger partial charge in [0, 0.05) is 25.2 Å². The summed E-state index contributed by atoms with van der Waals surface area (Å²) in [5.41, 5.74) is 0. The van der Waals surface area contributed by atoms with Crippen molar-refractivity contribution in [3.8, 4) is 0 Å². The van der Waals surface area contributed by atoms with Crippen molar-refractivity contribution in [1.29, 1.82) is 0 Å². The lowest BCUT2D eigenvalue weighted by Crippen LogP contribution is -2.46. The number of hydrogen-bond acceptors (Lipinski definition) is 3. The molecular weight excluding hydrogens is 188 g/mol. The normalized spacial score (nSPS) is 43.4. The summed E-state index contributed by atoms with van der Waals surface area (Å²) in [7, 11) is 0. The highest BCUT2D eigenvalue weighted by Crippen LogP contribution is 2.23. The predicted molar refractivity (Wildman–Crippen MR) is 61.8 cm³/mol. The van der Waals surface area contributed by atoms with Gasteiger partial charge >= 0.3 is 0 Å². The average Bonchev–Trinajstić information content (AvgIpc) is 2.56. The van der Waals surface area contributed by atoms with E-state index in [1.165, 1.54) is 19.4 Å². The molecule has 0 amide bonds. The monoisotopic (exact) mass is 212 g/mol. The lowest BCUT2D eigenvalue weighted by Gasteiger charge is -2.37. The van der Waals surface area contributed by atoms with Gasteiger partial charge in [0.2, 0.25) is 0 Å². The Balaban J connectivity index is 1.79. The zero-order valence-electron chi connectivity index (χ0n) is 9.95. The van der Waals surface area contributed by atoms with Crippen molar-refractivity contribution in [2.75, 3.05) is 19.6 Å². The summed E-state index contributed by atoms with van der Waals surface area (Å²) in [5, 5.41) is 12.8. The molecule has 0 aromatic heterocycles. The molecule has 2 N–H and O–H groups in total. The molecule has 0 spiro atoms. The van der Waals surface area contributed by atoms with Gasteiger partial charge in [-0.15, -0.1) is 0 Å². The van der Waals surface area contributed by atoms with Crippen LogP contribution in [0.4, 0.5) is 0 Å². The summed E-state index contributed by atoms with van der Waals surface area (Å²) >= 11 is 0. The van der Waals surface area contributed by atoms with Crippen LogP contribution in [0.25, 0.3) is 0 Å². The molecule has 4 unspecified atom stereocenters. The number of nitrogens with zero attached hydrogens (tertiary/aromatic N) is 1. The summed E-state index contributed by atoms with van der Waals surface area (Å²) in [4.78, 5) is 2.58. The van der Waals surface area contributed by atoms with E-state index in [9.17, 15) is 5.11 Å². The lowest BCUT2D eigenvalue weighted by molar-refractivity contribution is 0.116. The maximum Gasteiger partial charge on any atom is 0.0680 e. The predicted octanol–water partition coefficient (Wildman–Crippen LogP) is 0.830. The van der Waals surface area contributed by atoms with Gasteiger partial charge < -0.3 is 10.4 Å². The van der Waals surface area contributed by atoms with E-state index < -0.39 is 0 Å². The second-order valence-electron chi connectivity index (χ2n) is 5.47. The van der Waals surface area contributed by atoms with Crippen LogP contribution in [0.15, 0.2) is 0 Å². The lowest BCUT2D eigenvalue weighted by atomic mass is 9.93. The smallest absolute Gasteiger partial charge is 0.0680 e. The van der Waals surface area contributed by atoms with Gasteiger partial charge in [0.1, 0.15) is 0 Å². The van der Waals surface area contributed by atoms with Crippen LogP contribution in [-0.2, 0) is 0 Å². The molecule has 0 aromatic carbocycles. The minimum atomic E-state index is -0.117. The largest absolute Gasteiger partial charge is 0.392 e. The molecule has 0 bridgehead atoms. The minimum Gasteiger partial charge on any atom is -0.392 e. The first-order chi connectivity index (χ1) is 7.15. The maximum absolute atomic E-state index is 9.46. The van der Waals surface area contributed by atoms with Crippen molar-refractivity contribution >= 4 is 0 Å². The van der Waals surface area contributed by atoms with Crippen molar-refractivity contribution in [1.82, 2.24) is 10.2 Å². The van der Waals surface area contributed by atoms with E-state index in [0.29, 0.717) is 12.1 Å². The molecule has 2 aliphatic rings. The number of hydrogen-bond donors (Lipinski definition) is 2. The molecule has 2 rings (SSSR count). The number of aliphatic hydroxyl groups excluding tert-OH is 1. The molecule has 3 heteroatoms. The van der Waals surface area contributed by atoms with Crippen LogP contribution in [0.3, 0.4) is 0 Å². The van der Waals surface area contributed by atoms with Gasteiger partial charge in [-0.05, 0) is 38.6 Å². The quantitative estimate of drug-likeness (QED) is 0.712. The molecule has 88 valence electrons. The van der Waals surface area contributed by atoms with E-state index in [0.717, 1.165) is 25.4 Å². The van der Waals surface area contributed by atoms with Gasteiger partial charge in [-0.2, -0.15) is 0 Å². The third-order valence-electron chi connectivity index (χ3n) is 3.93. The first-order valence-corrected chi connectivity index (χ1v) is 6.30. The molecule has 0 aliphatic carbocycles. The number of likely N-dealkylation sites (tertiary alicyclic amines) is 1. The molecule has 0 radical (unpaired) electrons. The standard InChI is InChI=1S/C12H24N2O/c1-9-3-4-14(10(2)5-9)8-11-6-12(15)7-13-11/h9-13,15H,3-8H2,1-2H3. The summed E-state index contributed by atoms with van der Waals surface area (Å²) in [6, 6.07) is 1.23. The van der Waals surface area contributed by atoms with Crippen LogP contribution in [0.1, 0.15) is 33.1 Å². The summed E-state index contributed by atoms with van der Waals surface area (Å²) in [6.07, 6.45) is 3.47. The number of β-amino-alcohol motifs (C(OH)–C–C–N with tert-alkyl or cyclic N) is 1. The highest BCUT2D eigenvalue weighted by molar-refractivity contribution is 4.86. The van der Waals surface area contributed by atoms with Crippen LogP contribution in [0.5, 0.6) is 0 Å². The van der Waals surface area contributed by atoms with Crippen LogP contribution >= 0.6 is 0 Å². The first-order valence-electron chi connectivity index (χ1n) is 6.30. The number of rotatable bonds is 2. The van der Waals surface area contributed by atoms with E-state index in [1.807, 2.05) is 0 Å². The van der Waals surface area contributed by atoms with Crippen LogP contribution < -0.4 is 5.32 Å². The Bertz CT molecular complexity index is 210. The Morgan fingerprint density at radius 2 is 2.13 bits per heavy atom. The molecule has 2 saturated heterocycles. The summed E-state index contributed by atoms with van der Waals surface area (Å²) in [6.45, 7) is 7.82. The molecule has 4 atom stereocenters. The molecule has 3 nitrogen and oxygen atoms in total. The third kappa shape index (κ3) is 2.92. The molecule has 15 heavy (non-hydrogen) atoms. The molecular formula is C12H24N2O. The number of piperidine rings is 1. The van der Waals surface area contributed by atoms with Crippen molar-refractivity contribution in [3.05, 3.63) is 0 Å². The van der Waals surface area contributed by atoms with E-state index >= 15 is 0 Å². The zero-order chi connectivity index (χ0) is 10.8. The maximum atomic E-state index is 9.46. The third-order valence-corrected chi connectivity index (χ3v) is 3.93. The fourth-order valence-electron chi connectivity index (χ4n) is 2.95. The Morgan fingerprint density at radius 3 is 2.73 bits per heavy atom. The van der Waals surface area contributed by atoms with Crippen LogP contribution in [-0.4, -0.2) is 47.8 Å². The van der Waals surface area contributed by atoms with Crippen molar-refractivity contribution in [2.24, 2.45) is 5.92 Å². The Morgan fingerprint density at radius 1 is 1.33 bits per heavy atom. The summed E-state index contributed by atoms with van der Waals surface area (Å²) < 4.78 is 0.